The van der Waals surface area contributed by atoms with E-state index < -0.39 is 0 Å². The maximum Gasteiger partial charge on any atom is 0.157 e. The van der Waals surface area contributed by atoms with E-state index in [1.807, 2.05) is 23.0 Å². The Morgan fingerprint density at radius 2 is 1.74 bits per heavy atom. The van der Waals surface area contributed by atoms with Crippen molar-refractivity contribution in [1.29, 1.82) is 0 Å². The van der Waals surface area contributed by atoms with Crippen molar-refractivity contribution in [1.82, 2.24) is 19.9 Å². The summed E-state index contributed by atoms with van der Waals surface area (Å²) in [6, 6.07) is 16.6. The fraction of sp³-hybridized carbons (Fsp3) is 0.333. The molecule has 0 radical (unpaired) electrons. The lowest BCUT2D eigenvalue weighted by Gasteiger charge is -2.21. The topological polar surface area (TPSA) is 52.4 Å². The van der Waals surface area contributed by atoms with E-state index in [1.165, 1.54) is 16.7 Å². The number of rotatable bonds is 6. The quantitative estimate of drug-likeness (QED) is 0.672. The molecular formula is C21H24N4O2. The standard InChI is InChI=1S/C21H24N4O2/c1-16-3-5-18(6-4-16)14-25-15-20(22-23-25)21-24(11-12-27-21)13-17-7-9-19(26-2)10-8-17/h3-10,15,21H,11-14H2,1-2H3. The van der Waals surface area contributed by atoms with Crippen molar-refractivity contribution in [2.75, 3.05) is 20.3 Å². The fourth-order valence-corrected chi connectivity index (χ4v) is 3.29. The first kappa shape index (κ1) is 17.7. The summed E-state index contributed by atoms with van der Waals surface area (Å²) < 4.78 is 13.0. The van der Waals surface area contributed by atoms with E-state index in [4.69, 9.17) is 9.47 Å². The predicted octanol–water partition coefficient (Wildman–Crippen LogP) is 3.17. The summed E-state index contributed by atoms with van der Waals surface area (Å²) in [6.07, 6.45) is 1.83. The van der Waals surface area contributed by atoms with Crippen LogP contribution in [-0.4, -0.2) is 40.2 Å². The van der Waals surface area contributed by atoms with Crippen LogP contribution < -0.4 is 4.74 Å². The van der Waals surface area contributed by atoms with Crippen molar-refractivity contribution < 1.29 is 9.47 Å². The highest BCUT2D eigenvalue weighted by molar-refractivity contribution is 5.27. The summed E-state index contributed by atoms with van der Waals surface area (Å²) in [6.45, 7) is 5.18. The zero-order valence-corrected chi connectivity index (χ0v) is 15.7. The van der Waals surface area contributed by atoms with Gasteiger partial charge in [-0.15, -0.1) is 5.10 Å². The Kier molecular flexibility index (Phi) is 5.18. The lowest BCUT2D eigenvalue weighted by atomic mass is 10.1. The molecule has 1 atom stereocenters. The van der Waals surface area contributed by atoms with E-state index >= 15 is 0 Å². The number of hydrogen-bond donors (Lipinski definition) is 0. The molecular weight excluding hydrogens is 340 g/mol. The molecule has 1 aliphatic heterocycles. The molecule has 140 valence electrons. The number of benzene rings is 2. The highest BCUT2D eigenvalue weighted by Crippen LogP contribution is 2.27. The Balaban J connectivity index is 1.43. The van der Waals surface area contributed by atoms with Gasteiger partial charge in [-0.3, -0.25) is 4.90 Å². The maximum absolute atomic E-state index is 5.93. The van der Waals surface area contributed by atoms with E-state index in [1.54, 1.807) is 7.11 Å². The lowest BCUT2D eigenvalue weighted by molar-refractivity contribution is 0.0252. The first-order valence-electron chi connectivity index (χ1n) is 9.15. The van der Waals surface area contributed by atoms with Crippen molar-refractivity contribution in [2.24, 2.45) is 0 Å². The van der Waals surface area contributed by atoms with Gasteiger partial charge in [-0.25, -0.2) is 4.68 Å². The van der Waals surface area contributed by atoms with Crippen molar-refractivity contribution in [3.63, 3.8) is 0 Å². The molecule has 4 rings (SSSR count). The monoisotopic (exact) mass is 364 g/mol. The Morgan fingerprint density at radius 1 is 1.04 bits per heavy atom. The van der Waals surface area contributed by atoms with E-state index in [0.29, 0.717) is 13.2 Å². The second-order valence-electron chi connectivity index (χ2n) is 6.87. The normalized spacial score (nSPS) is 17.3. The van der Waals surface area contributed by atoms with Crippen molar-refractivity contribution in [3.8, 4) is 5.75 Å². The van der Waals surface area contributed by atoms with Gasteiger partial charge in [0.2, 0.25) is 0 Å². The van der Waals surface area contributed by atoms with Crippen molar-refractivity contribution in [2.45, 2.75) is 26.2 Å². The van der Waals surface area contributed by atoms with Gasteiger partial charge in [0.15, 0.2) is 6.23 Å². The highest BCUT2D eigenvalue weighted by atomic mass is 16.5. The van der Waals surface area contributed by atoms with Crippen molar-refractivity contribution in [3.05, 3.63) is 77.1 Å². The van der Waals surface area contributed by atoms with E-state index in [2.05, 4.69) is 58.5 Å². The average molecular weight is 364 g/mol. The molecule has 0 spiro atoms. The number of aromatic nitrogens is 3. The van der Waals surface area contributed by atoms with Gasteiger partial charge in [-0.2, -0.15) is 0 Å². The smallest absolute Gasteiger partial charge is 0.157 e. The molecule has 6 heteroatoms. The molecule has 1 saturated heterocycles. The third-order valence-electron chi connectivity index (χ3n) is 4.81. The maximum atomic E-state index is 5.93. The summed E-state index contributed by atoms with van der Waals surface area (Å²) in [5.74, 6) is 0.868. The van der Waals surface area contributed by atoms with Gasteiger partial charge < -0.3 is 9.47 Å². The zero-order chi connectivity index (χ0) is 18.6. The summed E-state index contributed by atoms with van der Waals surface area (Å²) in [5, 5.41) is 8.64. The zero-order valence-electron chi connectivity index (χ0n) is 15.7. The molecule has 2 heterocycles. The predicted molar refractivity (Wildman–Crippen MR) is 102 cm³/mol. The molecule has 0 aliphatic carbocycles. The molecule has 0 N–H and O–H groups in total. The lowest BCUT2D eigenvalue weighted by Crippen LogP contribution is -2.23. The number of aryl methyl sites for hydroxylation is 1. The van der Waals surface area contributed by atoms with Gasteiger partial charge in [0.1, 0.15) is 11.4 Å². The molecule has 1 fully saturated rings. The van der Waals surface area contributed by atoms with Crippen LogP contribution in [0.15, 0.2) is 54.7 Å². The van der Waals surface area contributed by atoms with Crippen LogP contribution in [0.5, 0.6) is 5.75 Å². The molecule has 3 aromatic rings. The molecule has 2 aromatic carbocycles. The third kappa shape index (κ3) is 4.18. The van der Waals surface area contributed by atoms with Crippen LogP contribution in [-0.2, 0) is 17.8 Å². The first-order chi connectivity index (χ1) is 13.2. The Bertz CT molecular complexity index is 874. The number of nitrogens with zero attached hydrogens (tertiary/aromatic N) is 4. The molecule has 0 bridgehead atoms. The molecule has 0 saturated carbocycles. The van der Waals surface area contributed by atoms with Gasteiger partial charge in [0.05, 0.1) is 26.5 Å². The van der Waals surface area contributed by atoms with Gasteiger partial charge in [0.25, 0.3) is 0 Å². The highest BCUT2D eigenvalue weighted by Gasteiger charge is 2.29. The average Bonchev–Trinajstić information content (AvgIpc) is 3.33. The van der Waals surface area contributed by atoms with Gasteiger partial charge in [-0.1, -0.05) is 47.2 Å². The van der Waals surface area contributed by atoms with Crippen molar-refractivity contribution >= 4 is 0 Å². The third-order valence-corrected chi connectivity index (χ3v) is 4.81. The summed E-state index contributed by atoms with van der Waals surface area (Å²) in [7, 11) is 1.68. The van der Waals surface area contributed by atoms with E-state index in [-0.39, 0.29) is 6.23 Å². The molecule has 27 heavy (non-hydrogen) atoms. The molecule has 1 aliphatic rings. The second-order valence-corrected chi connectivity index (χ2v) is 6.87. The minimum absolute atomic E-state index is 0.154. The summed E-state index contributed by atoms with van der Waals surface area (Å²) >= 11 is 0. The van der Waals surface area contributed by atoms with Crippen LogP contribution in [0.3, 0.4) is 0 Å². The SMILES string of the molecule is COc1ccc(CN2CCOC2c2cn(Cc3ccc(C)cc3)nn2)cc1. The number of methoxy groups -OCH3 is 1. The molecule has 1 aromatic heterocycles. The van der Waals surface area contributed by atoms with Crippen LogP contribution in [0.1, 0.15) is 28.6 Å². The minimum Gasteiger partial charge on any atom is -0.497 e. The second kappa shape index (κ2) is 7.90. The largest absolute Gasteiger partial charge is 0.497 e. The molecule has 0 amide bonds. The van der Waals surface area contributed by atoms with Crippen LogP contribution in [0.2, 0.25) is 0 Å². The van der Waals surface area contributed by atoms with Gasteiger partial charge in [-0.05, 0) is 30.2 Å². The minimum atomic E-state index is -0.154. The van der Waals surface area contributed by atoms with Crippen LogP contribution in [0.25, 0.3) is 0 Å². The number of hydrogen-bond acceptors (Lipinski definition) is 5. The van der Waals surface area contributed by atoms with Crippen LogP contribution in [0.4, 0.5) is 0 Å². The molecule has 6 nitrogen and oxygen atoms in total. The van der Waals surface area contributed by atoms with Gasteiger partial charge >= 0.3 is 0 Å². The van der Waals surface area contributed by atoms with Crippen LogP contribution >= 0.6 is 0 Å². The summed E-state index contributed by atoms with van der Waals surface area (Å²) in [4.78, 5) is 2.28. The fourth-order valence-electron chi connectivity index (χ4n) is 3.29. The Hall–Kier alpha value is -2.70. The number of ether oxygens (including phenoxy) is 2. The molecule has 1 unspecified atom stereocenters. The van der Waals surface area contributed by atoms with E-state index in [0.717, 1.165) is 24.5 Å². The Morgan fingerprint density at radius 3 is 2.48 bits per heavy atom. The van der Waals surface area contributed by atoms with Crippen LogP contribution in [0, 0.1) is 6.92 Å². The van der Waals surface area contributed by atoms with Gasteiger partial charge in [0, 0.05) is 13.1 Å². The van der Waals surface area contributed by atoms with E-state index in [9.17, 15) is 0 Å². The first-order valence-corrected chi connectivity index (χ1v) is 9.15. The summed E-state index contributed by atoms with van der Waals surface area (Å²) in [5.41, 5.74) is 4.54. The Labute approximate surface area is 159 Å².